The highest BCUT2D eigenvalue weighted by atomic mass is 127. The predicted molar refractivity (Wildman–Crippen MR) is 129 cm³/mol. The molecule has 8 heteroatoms. The lowest BCUT2D eigenvalue weighted by molar-refractivity contribution is -0.119. The van der Waals surface area contributed by atoms with Gasteiger partial charge in [-0.15, -0.1) is 24.0 Å². The number of rotatable bonds is 9. The standard InChI is InChI=1S/C22H29FN4O2.HI/c1-22(2,17-5-4-6-18(23)13-17)15-27-21(25-3)26-12-11-16-7-9-19(10-8-16)29-14-20(24)28;/h4-10,13H,11-12,14-15H2,1-3H3,(H2,24,28)(H2,25,26,27);1H. The Morgan fingerprint density at radius 1 is 1.17 bits per heavy atom. The number of hydrogen-bond acceptors (Lipinski definition) is 3. The Bertz CT molecular complexity index is 841. The molecule has 0 saturated carbocycles. The van der Waals surface area contributed by atoms with Crippen LogP contribution in [-0.2, 0) is 16.6 Å². The lowest BCUT2D eigenvalue weighted by Gasteiger charge is -2.27. The minimum Gasteiger partial charge on any atom is -0.484 e. The molecule has 0 aromatic heterocycles. The van der Waals surface area contributed by atoms with Crippen LogP contribution in [0.4, 0.5) is 4.39 Å². The topological polar surface area (TPSA) is 88.7 Å². The Kier molecular flexibility index (Phi) is 10.6. The molecule has 30 heavy (non-hydrogen) atoms. The monoisotopic (exact) mass is 528 g/mol. The molecule has 0 aliphatic rings. The van der Waals surface area contributed by atoms with Crippen molar-refractivity contribution >= 4 is 35.8 Å². The molecule has 0 spiro atoms. The molecule has 6 nitrogen and oxygen atoms in total. The zero-order valence-corrected chi connectivity index (χ0v) is 19.9. The van der Waals surface area contributed by atoms with E-state index in [1.165, 1.54) is 6.07 Å². The van der Waals surface area contributed by atoms with Crippen LogP contribution in [0.1, 0.15) is 25.0 Å². The second-order valence-corrected chi connectivity index (χ2v) is 7.40. The molecule has 4 N–H and O–H groups in total. The lowest BCUT2D eigenvalue weighted by Crippen LogP contribution is -2.44. The number of ether oxygens (including phenoxy) is 1. The molecule has 0 atom stereocenters. The highest BCUT2D eigenvalue weighted by Gasteiger charge is 2.21. The van der Waals surface area contributed by atoms with Gasteiger partial charge in [-0.25, -0.2) is 4.39 Å². The Morgan fingerprint density at radius 3 is 2.47 bits per heavy atom. The van der Waals surface area contributed by atoms with Crippen LogP contribution in [0.15, 0.2) is 53.5 Å². The summed E-state index contributed by atoms with van der Waals surface area (Å²) < 4.78 is 18.8. The van der Waals surface area contributed by atoms with Gasteiger partial charge in [0.05, 0.1) is 0 Å². The molecule has 0 fully saturated rings. The Hall–Kier alpha value is -2.36. The van der Waals surface area contributed by atoms with Gasteiger partial charge < -0.3 is 21.1 Å². The van der Waals surface area contributed by atoms with E-state index >= 15 is 0 Å². The summed E-state index contributed by atoms with van der Waals surface area (Å²) in [6, 6.07) is 14.2. The zero-order valence-electron chi connectivity index (χ0n) is 17.6. The molecule has 0 bridgehead atoms. The molecule has 1 amide bonds. The zero-order chi connectivity index (χ0) is 21.3. The number of guanidine groups is 1. The molecule has 0 unspecified atom stereocenters. The number of amides is 1. The van der Waals surface area contributed by atoms with Crippen molar-refractivity contribution in [3.63, 3.8) is 0 Å². The first-order valence-corrected chi connectivity index (χ1v) is 9.51. The van der Waals surface area contributed by atoms with Crippen molar-refractivity contribution < 1.29 is 13.9 Å². The molecule has 2 aromatic rings. The van der Waals surface area contributed by atoms with E-state index < -0.39 is 5.91 Å². The van der Waals surface area contributed by atoms with Gasteiger partial charge in [0, 0.05) is 25.6 Å². The van der Waals surface area contributed by atoms with Gasteiger partial charge in [0.15, 0.2) is 12.6 Å². The van der Waals surface area contributed by atoms with Crippen molar-refractivity contribution in [2.24, 2.45) is 10.7 Å². The van der Waals surface area contributed by atoms with E-state index in [1.807, 2.05) is 30.3 Å². The Morgan fingerprint density at radius 2 is 1.87 bits per heavy atom. The minimum atomic E-state index is -0.502. The first-order chi connectivity index (χ1) is 13.8. The molecule has 0 heterocycles. The second-order valence-electron chi connectivity index (χ2n) is 7.40. The first-order valence-electron chi connectivity index (χ1n) is 9.51. The third kappa shape index (κ3) is 8.56. The molecule has 0 aliphatic carbocycles. The van der Waals surface area contributed by atoms with Gasteiger partial charge in [-0.2, -0.15) is 0 Å². The van der Waals surface area contributed by atoms with Crippen LogP contribution in [0.25, 0.3) is 0 Å². The van der Waals surface area contributed by atoms with Gasteiger partial charge in [0.25, 0.3) is 5.91 Å². The number of nitrogens with one attached hydrogen (secondary N) is 2. The third-order valence-electron chi connectivity index (χ3n) is 4.54. The number of aliphatic imine (C=N–C) groups is 1. The average Bonchev–Trinajstić information content (AvgIpc) is 2.70. The molecule has 2 aromatic carbocycles. The molecular weight excluding hydrogens is 498 g/mol. The molecular formula is C22H30FIN4O2. The van der Waals surface area contributed by atoms with Crippen LogP contribution in [0, 0.1) is 5.82 Å². The second kappa shape index (κ2) is 12.4. The fourth-order valence-corrected chi connectivity index (χ4v) is 2.77. The van der Waals surface area contributed by atoms with Gasteiger partial charge in [-0.05, 0) is 41.8 Å². The van der Waals surface area contributed by atoms with Crippen LogP contribution in [-0.4, -0.2) is 38.6 Å². The number of carbonyl (C=O) groups excluding carboxylic acids is 1. The Balaban J connectivity index is 0.00000450. The van der Waals surface area contributed by atoms with Gasteiger partial charge in [-0.3, -0.25) is 9.79 Å². The average molecular weight is 528 g/mol. The van der Waals surface area contributed by atoms with E-state index in [0.29, 0.717) is 24.8 Å². The summed E-state index contributed by atoms with van der Waals surface area (Å²) in [5.74, 6) is 0.565. The van der Waals surface area contributed by atoms with E-state index in [-0.39, 0.29) is 41.8 Å². The number of nitrogens with zero attached hydrogens (tertiary/aromatic N) is 1. The minimum absolute atomic E-state index is 0. The van der Waals surface area contributed by atoms with Gasteiger partial charge in [0.1, 0.15) is 11.6 Å². The number of halogens is 2. The molecule has 164 valence electrons. The third-order valence-corrected chi connectivity index (χ3v) is 4.54. The van der Waals surface area contributed by atoms with Crippen LogP contribution in [0.3, 0.4) is 0 Å². The molecule has 0 saturated heterocycles. The van der Waals surface area contributed by atoms with E-state index in [1.54, 1.807) is 19.2 Å². The van der Waals surface area contributed by atoms with Crippen molar-refractivity contribution in [2.75, 3.05) is 26.7 Å². The highest BCUT2D eigenvalue weighted by molar-refractivity contribution is 14.0. The fraction of sp³-hybridized carbons (Fsp3) is 0.364. The normalized spacial score (nSPS) is 11.4. The predicted octanol–water partition coefficient (Wildman–Crippen LogP) is 2.99. The summed E-state index contributed by atoms with van der Waals surface area (Å²) in [7, 11) is 1.72. The summed E-state index contributed by atoms with van der Waals surface area (Å²) in [5.41, 5.74) is 6.87. The molecule has 0 radical (unpaired) electrons. The summed E-state index contributed by atoms with van der Waals surface area (Å²) in [6.07, 6.45) is 0.796. The maximum Gasteiger partial charge on any atom is 0.255 e. The van der Waals surface area contributed by atoms with Gasteiger partial charge >= 0.3 is 0 Å². The number of hydrogen-bond donors (Lipinski definition) is 3. The maximum atomic E-state index is 13.5. The number of nitrogens with two attached hydrogens (primary N) is 1. The van der Waals surface area contributed by atoms with E-state index in [0.717, 1.165) is 17.5 Å². The van der Waals surface area contributed by atoms with Gasteiger partial charge in [0.2, 0.25) is 0 Å². The van der Waals surface area contributed by atoms with E-state index in [2.05, 4.69) is 29.5 Å². The SMILES string of the molecule is CN=C(NCCc1ccc(OCC(N)=O)cc1)NCC(C)(C)c1cccc(F)c1.I. The van der Waals surface area contributed by atoms with Crippen LogP contribution < -0.4 is 21.1 Å². The molecule has 2 rings (SSSR count). The van der Waals surface area contributed by atoms with Gasteiger partial charge in [-0.1, -0.05) is 38.1 Å². The smallest absolute Gasteiger partial charge is 0.255 e. The largest absolute Gasteiger partial charge is 0.484 e. The summed E-state index contributed by atoms with van der Waals surface area (Å²) in [6.45, 7) is 5.30. The van der Waals surface area contributed by atoms with Crippen molar-refractivity contribution in [3.05, 3.63) is 65.5 Å². The van der Waals surface area contributed by atoms with Crippen molar-refractivity contribution in [3.8, 4) is 5.75 Å². The fourth-order valence-electron chi connectivity index (χ4n) is 2.77. The highest BCUT2D eigenvalue weighted by Crippen LogP contribution is 2.22. The quantitative estimate of drug-likeness (QED) is 0.265. The van der Waals surface area contributed by atoms with Crippen LogP contribution >= 0.6 is 24.0 Å². The maximum absolute atomic E-state index is 13.5. The van der Waals surface area contributed by atoms with E-state index in [4.69, 9.17) is 10.5 Å². The lowest BCUT2D eigenvalue weighted by atomic mass is 9.84. The molecule has 0 aliphatic heterocycles. The van der Waals surface area contributed by atoms with Crippen molar-refractivity contribution in [1.82, 2.24) is 10.6 Å². The first kappa shape index (κ1) is 25.7. The van der Waals surface area contributed by atoms with Crippen molar-refractivity contribution in [2.45, 2.75) is 25.7 Å². The number of carbonyl (C=O) groups is 1. The van der Waals surface area contributed by atoms with Crippen molar-refractivity contribution in [1.29, 1.82) is 0 Å². The number of benzene rings is 2. The summed E-state index contributed by atoms with van der Waals surface area (Å²) in [4.78, 5) is 15.0. The van der Waals surface area contributed by atoms with Crippen LogP contribution in [0.2, 0.25) is 0 Å². The van der Waals surface area contributed by atoms with E-state index in [9.17, 15) is 9.18 Å². The summed E-state index contributed by atoms with van der Waals surface area (Å²) >= 11 is 0. The number of primary amides is 1. The summed E-state index contributed by atoms with van der Waals surface area (Å²) in [5, 5.41) is 6.58. The Labute approximate surface area is 194 Å². The van der Waals surface area contributed by atoms with Crippen LogP contribution in [0.5, 0.6) is 5.75 Å².